The van der Waals surface area contributed by atoms with Gasteiger partial charge in [0, 0.05) is 12.8 Å². The lowest BCUT2D eigenvalue weighted by atomic mass is 10.0. The van der Waals surface area contributed by atoms with Crippen LogP contribution in [0.5, 0.6) is 0 Å². The Morgan fingerprint density at radius 2 is 0.881 bits per heavy atom. The average molecular weight is 937 g/mol. The smallest absolute Gasteiger partial charge is 0.361 e. The topological polar surface area (TPSA) is 108 Å². The van der Waals surface area contributed by atoms with Crippen molar-refractivity contribution in [3.05, 3.63) is 97.2 Å². The molecular weight excluding hydrogens is 839 g/mol. The SMILES string of the molecule is CC/C=C\C/C=C\C/C=C\C/C=C\C/C=C\C/C=C\CCC(=O)OC(COC(=O)CCCCCCCCCCCCC/C=C\C/C=C\CCCCCCC)COC(OCC[N+](C)(C)C)C(=O)O. The summed E-state index contributed by atoms with van der Waals surface area (Å²) in [5.74, 6) is -2.13. The molecule has 382 valence electrons. The summed E-state index contributed by atoms with van der Waals surface area (Å²) in [7, 11) is 5.93. The lowest BCUT2D eigenvalue weighted by Gasteiger charge is -2.25. The Labute approximate surface area is 410 Å². The van der Waals surface area contributed by atoms with Gasteiger partial charge in [-0.05, 0) is 83.5 Å². The van der Waals surface area contributed by atoms with Gasteiger partial charge in [0.05, 0.1) is 34.4 Å². The molecule has 0 aromatic rings. The number of nitrogens with zero attached hydrogens (tertiary/aromatic N) is 1. The maximum atomic E-state index is 12.8. The molecule has 0 aliphatic carbocycles. The minimum atomic E-state index is -1.54. The summed E-state index contributed by atoms with van der Waals surface area (Å²) in [6.45, 7) is 4.65. The molecule has 0 bridgehead atoms. The third-order valence-corrected chi connectivity index (χ3v) is 10.8. The van der Waals surface area contributed by atoms with Crippen LogP contribution in [0.15, 0.2) is 97.2 Å². The molecule has 0 aromatic heterocycles. The number of hydrogen-bond donors (Lipinski definition) is 1. The van der Waals surface area contributed by atoms with Crippen LogP contribution in [-0.4, -0.2) is 87.4 Å². The van der Waals surface area contributed by atoms with E-state index in [9.17, 15) is 19.5 Å². The Bertz CT molecular complexity index is 1420. The highest BCUT2D eigenvalue weighted by Gasteiger charge is 2.25. The summed E-state index contributed by atoms with van der Waals surface area (Å²) < 4.78 is 22.7. The Morgan fingerprint density at radius 1 is 0.463 bits per heavy atom. The number of carbonyl (C=O) groups is 3. The van der Waals surface area contributed by atoms with Gasteiger partial charge in [-0.1, -0.05) is 195 Å². The van der Waals surface area contributed by atoms with E-state index >= 15 is 0 Å². The summed E-state index contributed by atoms with van der Waals surface area (Å²) in [5, 5.41) is 9.67. The second kappa shape index (κ2) is 48.7. The van der Waals surface area contributed by atoms with Crippen LogP contribution in [0.2, 0.25) is 0 Å². The third-order valence-electron chi connectivity index (χ3n) is 10.8. The molecule has 0 amide bonds. The quantitative estimate of drug-likeness (QED) is 0.0211. The predicted molar refractivity (Wildman–Crippen MR) is 281 cm³/mol. The fourth-order valence-electron chi connectivity index (χ4n) is 6.77. The minimum absolute atomic E-state index is 0.130. The normalized spacial score (nSPS) is 13.6. The molecule has 0 aliphatic heterocycles. The number of carboxylic acids is 1. The van der Waals surface area contributed by atoms with Crippen LogP contribution in [0.3, 0.4) is 0 Å². The molecule has 67 heavy (non-hydrogen) atoms. The first-order chi connectivity index (χ1) is 32.6. The molecule has 0 rings (SSSR count). The summed E-state index contributed by atoms with van der Waals surface area (Å²) >= 11 is 0. The zero-order valence-corrected chi connectivity index (χ0v) is 43.3. The molecule has 2 atom stereocenters. The van der Waals surface area contributed by atoms with E-state index in [1.54, 1.807) is 0 Å². The monoisotopic (exact) mass is 937 g/mol. The van der Waals surface area contributed by atoms with E-state index in [0.717, 1.165) is 64.2 Å². The first-order valence-corrected chi connectivity index (χ1v) is 26.4. The van der Waals surface area contributed by atoms with Gasteiger partial charge >= 0.3 is 17.9 Å². The van der Waals surface area contributed by atoms with Crippen molar-refractivity contribution in [2.75, 3.05) is 47.5 Å². The first-order valence-electron chi connectivity index (χ1n) is 26.4. The van der Waals surface area contributed by atoms with Crippen LogP contribution >= 0.6 is 0 Å². The van der Waals surface area contributed by atoms with Crippen LogP contribution in [0, 0.1) is 0 Å². The zero-order chi connectivity index (χ0) is 49.2. The maximum Gasteiger partial charge on any atom is 0.361 e. The summed E-state index contributed by atoms with van der Waals surface area (Å²) in [5.41, 5.74) is 0. The molecule has 2 unspecified atom stereocenters. The number of unbranched alkanes of at least 4 members (excludes halogenated alkanes) is 16. The van der Waals surface area contributed by atoms with Crippen molar-refractivity contribution in [3.63, 3.8) is 0 Å². The molecule has 0 heterocycles. The predicted octanol–water partition coefficient (Wildman–Crippen LogP) is 15.0. The number of rotatable bonds is 47. The molecule has 0 saturated carbocycles. The van der Waals surface area contributed by atoms with Crippen molar-refractivity contribution >= 4 is 17.9 Å². The fourth-order valence-corrected chi connectivity index (χ4v) is 6.77. The Balaban J connectivity index is 4.42. The van der Waals surface area contributed by atoms with Gasteiger partial charge < -0.3 is 28.5 Å². The average Bonchev–Trinajstić information content (AvgIpc) is 3.29. The van der Waals surface area contributed by atoms with E-state index in [-0.39, 0.29) is 38.6 Å². The van der Waals surface area contributed by atoms with Crippen LogP contribution in [0.25, 0.3) is 0 Å². The van der Waals surface area contributed by atoms with Crippen molar-refractivity contribution in [2.24, 2.45) is 0 Å². The number of aliphatic carboxylic acids is 1. The van der Waals surface area contributed by atoms with E-state index in [2.05, 4.69) is 98.9 Å². The van der Waals surface area contributed by atoms with Crippen molar-refractivity contribution in [3.8, 4) is 0 Å². The Kier molecular flexibility index (Phi) is 45.9. The molecule has 0 spiro atoms. The lowest BCUT2D eigenvalue weighted by Crippen LogP contribution is -2.40. The highest BCUT2D eigenvalue weighted by atomic mass is 16.7. The van der Waals surface area contributed by atoms with Crippen LogP contribution in [0.1, 0.15) is 194 Å². The van der Waals surface area contributed by atoms with Crippen molar-refractivity contribution in [1.29, 1.82) is 0 Å². The maximum absolute atomic E-state index is 12.8. The fraction of sp³-hybridized carbons (Fsp3) is 0.672. The summed E-state index contributed by atoms with van der Waals surface area (Å²) in [6.07, 6.45) is 62.1. The van der Waals surface area contributed by atoms with Gasteiger partial charge in [0.15, 0.2) is 6.10 Å². The van der Waals surface area contributed by atoms with Crippen molar-refractivity contribution in [2.45, 2.75) is 206 Å². The second-order valence-corrected chi connectivity index (χ2v) is 18.4. The molecule has 0 radical (unpaired) electrons. The van der Waals surface area contributed by atoms with E-state index in [4.69, 9.17) is 18.9 Å². The van der Waals surface area contributed by atoms with Gasteiger partial charge in [-0.2, -0.15) is 0 Å². The first kappa shape index (κ1) is 63.2. The number of likely N-dealkylation sites (N-methyl/N-ethyl adjacent to an activating group) is 1. The second-order valence-electron chi connectivity index (χ2n) is 18.4. The van der Waals surface area contributed by atoms with E-state index in [1.165, 1.54) is 96.3 Å². The van der Waals surface area contributed by atoms with Gasteiger partial charge in [-0.15, -0.1) is 0 Å². The van der Waals surface area contributed by atoms with Gasteiger partial charge in [-0.3, -0.25) is 9.59 Å². The number of quaternary nitrogens is 1. The number of carbonyl (C=O) groups excluding carboxylic acids is 2. The number of carboxylic acid groups (broad SMARTS) is 1. The number of hydrogen-bond acceptors (Lipinski definition) is 7. The Morgan fingerprint density at radius 3 is 1.33 bits per heavy atom. The van der Waals surface area contributed by atoms with Crippen molar-refractivity contribution in [1.82, 2.24) is 0 Å². The largest absolute Gasteiger partial charge is 0.477 e. The lowest BCUT2D eigenvalue weighted by molar-refractivity contribution is -0.870. The number of allylic oxidation sites excluding steroid dienone is 16. The summed E-state index contributed by atoms with van der Waals surface area (Å²) in [6, 6.07) is 0. The molecule has 1 N–H and O–H groups in total. The third kappa shape index (κ3) is 49.9. The Hall–Kier alpha value is -3.79. The van der Waals surface area contributed by atoms with Crippen LogP contribution in [-0.2, 0) is 33.3 Å². The molecular formula is C58H98NO8+. The van der Waals surface area contributed by atoms with Gasteiger partial charge in [-0.25, -0.2) is 4.79 Å². The van der Waals surface area contributed by atoms with Gasteiger partial charge in [0.1, 0.15) is 13.2 Å². The van der Waals surface area contributed by atoms with Gasteiger partial charge in [0.25, 0.3) is 6.29 Å². The van der Waals surface area contributed by atoms with Gasteiger partial charge in [0.2, 0.25) is 0 Å². The molecule has 9 heteroatoms. The van der Waals surface area contributed by atoms with E-state index < -0.39 is 24.3 Å². The van der Waals surface area contributed by atoms with E-state index in [1.807, 2.05) is 33.3 Å². The van der Waals surface area contributed by atoms with Crippen LogP contribution < -0.4 is 0 Å². The van der Waals surface area contributed by atoms with Crippen LogP contribution in [0.4, 0.5) is 0 Å². The highest BCUT2D eigenvalue weighted by molar-refractivity contribution is 5.71. The summed E-state index contributed by atoms with van der Waals surface area (Å²) in [4.78, 5) is 37.3. The number of esters is 2. The molecule has 0 fully saturated rings. The molecule has 9 nitrogen and oxygen atoms in total. The molecule has 0 saturated heterocycles. The standard InChI is InChI=1S/C58H97NO8/c1-6-8-10-12-14-16-18-20-22-24-26-27-28-29-31-32-34-36-38-40-42-44-46-48-55(60)65-52-54(53-66-58(57(62)63)64-51-50-59(3,4)5)67-56(61)49-47-45-43-41-39-37-35-33-30-25-23-21-19-17-15-13-11-9-7-2/h9,11,15,17-18,20-21,23-24,26,30,33,37,39,43,45,54,58H,6-8,10,12-14,16,19,22,25,27-29,31-32,34-36,38,40-42,44,46-53H2,1-5H3/p+1/b11-9-,17-15-,20-18-,23-21-,26-24-,33-30-,39-37-,45-43-. The van der Waals surface area contributed by atoms with Crippen molar-refractivity contribution < 1.29 is 42.9 Å². The number of ether oxygens (including phenoxy) is 4. The zero-order valence-electron chi connectivity index (χ0n) is 43.3. The molecule has 0 aromatic carbocycles. The van der Waals surface area contributed by atoms with E-state index in [0.29, 0.717) is 17.4 Å². The highest BCUT2D eigenvalue weighted by Crippen LogP contribution is 2.14. The minimum Gasteiger partial charge on any atom is -0.477 e. The molecule has 0 aliphatic rings.